The van der Waals surface area contributed by atoms with Crippen molar-refractivity contribution in [2.24, 2.45) is 11.8 Å². The second-order valence-electron chi connectivity index (χ2n) is 7.24. The standard InChI is InChI=1S/C17H25N3/c1-17(15-4-5-15)12-20(11-13-6-8-18-9-7-13)16(10-19-17)14-2-3-14/h6-9,14-16,19H,2-5,10-12H2,1H3. The number of hydrogen-bond acceptors (Lipinski definition) is 3. The Morgan fingerprint density at radius 2 is 2.00 bits per heavy atom. The van der Waals surface area contributed by atoms with Crippen LogP contribution >= 0.6 is 0 Å². The van der Waals surface area contributed by atoms with Crippen LogP contribution in [0.3, 0.4) is 0 Å². The zero-order valence-corrected chi connectivity index (χ0v) is 12.4. The van der Waals surface area contributed by atoms with Gasteiger partial charge in [-0.1, -0.05) is 0 Å². The number of aromatic nitrogens is 1. The molecule has 2 unspecified atom stereocenters. The largest absolute Gasteiger partial charge is 0.308 e. The number of rotatable bonds is 4. The lowest BCUT2D eigenvalue weighted by atomic mass is 9.89. The van der Waals surface area contributed by atoms with Crippen molar-refractivity contribution >= 4 is 0 Å². The van der Waals surface area contributed by atoms with E-state index in [4.69, 9.17) is 0 Å². The molecule has 20 heavy (non-hydrogen) atoms. The second-order valence-corrected chi connectivity index (χ2v) is 7.24. The van der Waals surface area contributed by atoms with Crippen LogP contribution in [-0.4, -0.2) is 34.6 Å². The molecule has 2 atom stereocenters. The van der Waals surface area contributed by atoms with Crippen molar-refractivity contribution in [2.75, 3.05) is 13.1 Å². The third-order valence-corrected chi connectivity index (χ3v) is 5.50. The van der Waals surface area contributed by atoms with Gasteiger partial charge in [-0.3, -0.25) is 9.88 Å². The summed E-state index contributed by atoms with van der Waals surface area (Å²) in [5.41, 5.74) is 1.75. The SMILES string of the molecule is CC1(C2CC2)CN(Cc2ccncc2)C(C2CC2)CN1. The molecule has 0 radical (unpaired) electrons. The molecule has 3 heteroatoms. The van der Waals surface area contributed by atoms with Gasteiger partial charge in [-0.05, 0) is 62.1 Å². The minimum absolute atomic E-state index is 0.346. The predicted molar refractivity (Wildman–Crippen MR) is 80.3 cm³/mol. The number of hydrogen-bond donors (Lipinski definition) is 1. The van der Waals surface area contributed by atoms with Crippen molar-refractivity contribution in [3.8, 4) is 0 Å². The second kappa shape index (κ2) is 4.81. The molecule has 0 bridgehead atoms. The Balaban J connectivity index is 1.52. The lowest BCUT2D eigenvalue weighted by molar-refractivity contribution is 0.0578. The summed E-state index contributed by atoms with van der Waals surface area (Å²) in [7, 11) is 0. The number of nitrogens with one attached hydrogen (secondary N) is 1. The highest BCUT2D eigenvalue weighted by Crippen LogP contribution is 2.44. The van der Waals surface area contributed by atoms with E-state index in [1.807, 2.05) is 12.4 Å². The Hall–Kier alpha value is -0.930. The normalized spacial score (nSPS) is 35.1. The summed E-state index contributed by atoms with van der Waals surface area (Å²) in [6.07, 6.45) is 9.54. The van der Waals surface area contributed by atoms with E-state index >= 15 is 0 Å². The molecule has 2 aliphatic carbocycles. The zero-order valence-electron chi connectivity index (χ0n) is 12.4. The summed E-state index contributed by atoms with van der Waals surface area (Å²) in [5, 5.41) is 3.89. The van der Waals surface area contributed by atoms with E-state index in [0.29, 0.717) is 5.54 Å². The summed E-state index contributed by atoms with van der Waals surface area (Å²) in [6.45, 7) is 5.92. The van der Waals surface area contributed by atoms with Gasteiger partial charge in [0.15, 0.2) is 0 Å². The Morgan fingerprint density at radius 1 is 1.25 bits per heavy atom. The first-order chi connectivity index (χ1) is 9.74. The van der Waals surface area contributed by atoms with E-state index in [1.54, 1.807) is 0 Å². The highest BCUT2D eigenvalue weighted by molar-refractivity contribution is 5.13. The highest BCUT2D eigenvalue weighted by Gasteiger charge is 2.48. The van der Waals surface area contributed by atoms with Gasteiger partial charge in [0.2, 0.25) is 0 Å². The summed E-state index contributed by atoms with van der Waals surface area (Å²) in [4.78, 5) is 6.89. The molecule has 1 aromatic heterocycles. The van der Waals surface area contributed by atoms with Crippen molar-refractivity contribution in [1.29, 1.82) is 0 Å². The summed E-state index contributed by atoms with van der Waals surface area (Å²) >= 11 is 0. The van der Waals surface area contributed by atoms with Crippen molar-refractivity contribution in [3.63, 3.8) is 0 Å². The number of pyridine rings is 1. The maximum atomic E-state index is 4.14. The maximum absolute atomic E-state index is 4.14. The molecule has 1 N–H and O–H groups in total. The van der Waals surface area contributed by atoms with E-state index in [0.717, 1.165) is 24.4 Å². The van der Waals surface area contributed by atoms with E-state index in [1.165, 1.54) is 44.3 Å². The summed E-state index contributed by atoms with van der Waals surface area (Å²) in [5.74, 6) is 1.84. The Bertz CT molecular complexity index is 466. The average Bonchev–Trinajstić information content (AvgIpc) is 3.31. The first kappa shape index (κ1) is 12.8. The van der Waals surface area contributed by atoms with Gasteiger partial charge >= 0.3 is 0 Å². The highest BCUT2D eigenvalue weighted by atomic mass is 15.3. The molecule has 2 saturated carbocycles. The van der Waals surface area contributed by atoms with Gasteiger partial charge in [0.25, 0.3) is 0 Å². The van der Waals surface area contributed by atoms with Gasteiger partial charge in [-0.15, -0.1) is 0 Å². The molecule has 3 nitrogen and oxygen atoms in total. The smallest absolute Gasteiger partial charge is 0.0309 e. The molecule has 0 amide bonds. The van der Waals surface area contributed by atoms with Crippen LogP contribution in [0.15, 0.2) is 24.5 Å². The van der Waals surface area contributed by atoms with Gasteiger partial charge in [0.05, 0.1) is 0 Å². The molecule has 2 heterocycles. The quantitative estimate of drug-likeness (QED) is 0.911. The molecular weight excluding hydrogens is 246 g/mol. The van der Waals surface area contributed by atoms with Crippen LogP contribution in [0.4, 0.5) is 0 Å². The van der Waals surface area contributed by atoms with E-state index in [-0.39, 0.29) is 0 Å². The fourth-order valence-corrected chi connectivity index (χ4v) is 3.90. The predicted octanol–water partition coefficient (Wildman–Crippen LogP) is 2.43. The van der Waals surface area contributed by atoms with E-state index < -0.39 is 0 Å². The monoisotopic (exact) mass is 271 g/mol. The fourth-order valence-electron chi connectivity index (χ4n) is 3.90. The van der Waals surface area contributed by atoms with Gasteiger partial charge in [0.1, 0.15) is 0 Å². The van der Waals surface area contributed by atoms with Crippen molar-refractivity contribution in [1.82, 2.24) is 15.2 Å². The fraction of sp³-hybridized carbons (Fsp3) is 0.706. The lowest BCUT2D eigenvalue weighted by Crippen LogP contribution is -2.64. The minimum atomic E-state index is 0.346. The zero-order chi connectivity index (χ0) is 13.6. The molecule has 0 spiro atoms. The summed E-state index contributed by atoms with van der Waals surface area (Å²) in [6, 6.07) is 5.08. The van der Waals surface area contributed by atoms with E-state index in [2.05, 4.69) is 34.3 Å². The minimum Gasteiger partial charge on any atom is -0.308 e. The van der Waals surface area contributed by atoms with Gasteiger partial charge in [-0.2, -0.15) is 0 Å². The number of nitrogens with zero attached hydrogens (tertiary/aromatic N) is 2. The van der Waals surface area contributed by atoms with Crippen LogP contribution in [0.5, 0.6) is 0 Å². The van der Waals surface area contributed by atoms with Crippen LogP contribution < -0.4 is 5.32 Å². The topological polar surface area (TPSA) is 28.2 Å². The molecule has 1 saturated heterocycles. The molecule has 0 aromatic carbocycles. The average molecular weight is 271 g/mol. The molecule has 108 valence electrons. The third-order valence-electron chi connectivity index (χ3n) is 5.50. The van der Waals surface area contributed by atoms with Crippen LogP contribution in [0, 0.1) is 11.8 Å². The van der Waals surface area contributed by atoms with Crippen molar-refractivity contribution in [2.45, 2.75) is 50.7 Å². The third kappa shape index (κ3) is 2.49. The van der Waals surface area contributed by atoms with Gasteiger partial charge in [-0.25, -0.2) is 0 Å². The molecule has 1 aromatic rings. The van der Waals surface area contributed by atoms with Gasteiger partial charge in [0, 0.05) is 43.6 Å². The Labute approximate surface area is 121 Å². The Morgan fingerprint density at radius 3 is 2.65 bits per heavy atom. The molecule has 1 aliphatic heterocycles. The maximum Gasteiger partial charge on any atom is 0.0309 e. The lowest BCUT2D eigenvalue weighted by Gasteiger charge is -2.47. The summed E-state index contributed by atoms with van der Waals surface area (Å²) < 4.78 is 0. The van der Waals surface area contributed by atoms with Crippen LogP contribution in [0.25, 0.3) is 0 Å². The van der Waals surface area contributed by atoms with Crippen molar-refractivity contribution in [3.05, 3.63) is 30.1 Å². The number of piperazine rings is 1. The first-order valence-electron chi connectivity index (χ1n) is 8.12. The van der Waals surface area contributed by atoms with Crippen molar-refractivity contribution < 1.29 is 0 Å². The molecule has 3 fully saturated rings. The van der Waals surface area contributed by atoms with E-state index in [9.17, 15) is 0 Å². The first-order valence-corrected chi connectivity index (χ1v) is 8.12. The molecule has 4 rings (SSSR count). The van der Waals surface area contributed by atoms with Crippen LogP contribution in [0.1, 0.15) is 38.2 Å². The molecule has 3 aliphatic rings. The van der Waals surface area contributed by atoms with Crippen LogP contribution in [-0.2, 0) is 6.54 Å². The van der Waals surface area contributed by atoms with Gasteiger partial charge < -0.3 is 5.32 Å². The molecular formula is C17H25N3. The van der Waals surface area contributed by atoms with Crippen LogP contribution in [0.2, 0.25) is 0 Å². The Kier molecular flexibility index (Phi) is 3.08.